The van der Waals surface area contributed by atoms with Crippen molar-refractivity contribution in [2.45, 2.75) is 50.2 Å². The van der Waals surface area contributed by atoms with Crippen molar-refractivity contribution in [3.63, 3.8) is 0 Å². The summed E-state index contributed by atoms with van der Waals surface area (Å²) in [5, 5.41) is 0.0996. The molecule has 1 radical (unpaired) electrons. The third-order valence-electron chi connectivity index (χ3n) is 6.21. The van der Waals surface area contributed by atoms with Crippen LogP contribution in [0, 0.1) is 11.6 Å². The Kier molecular flexibility index (Phi) is 6.70. The molecule has 1 aliphatic heterocycles. The van der Waals surface area contributed by atoms with Crippen LogP contribution in [0.3, 0.4) is 0 Å². The molecule has 0 N–H and O–H groups in total. The molecule has 30 heavy (non-hydrogen) atoms. The lowest BCUT2D eigenvalue weighted by molar-refractivity contribution is 0.544. The van der Waals surface area contributed by atoms with E-state index in [9.17, 15) is 4.39 Å². The van der Waals surface area contributed by atoms with Crippen molar-refractivity contribution in [3.8, 4) is 22.3 Å². The first-order valence-corrected chi connectivity index (χ1v) is 13.2. The molecule has 0 aliphatic carbocycles. The summed E-state index contributed by atoms with van der Waals surface area (Å²) in [6.07, 6.45) is 3.51. The van der Waals surface area contributed by atoms with Gasteiger partial charge in [0.05, 0.1) is 5.02 Å². The Hall–Kier alpha value is -1.97. The lowest BCUT2D eigenvalue weighted by Gasteiger charge is -2.28. The average molecular weight is 440 g/mol. The van der Waals surface area contributed by atoms with Crippen molar-refractivity contribution in [1.29, 1.82) is 0 Å². The van der Waals surface area contributed by atoms with E-state index in [0.717, 1.165) is 40.7 Å². The van der Waals surface area contributed by atoms with E-state index in [0.29, 0.717) is 5.92 Å². The molecule has 1 fully saturated rings. The van der Waals surface area contributed by atoms with Gasteiger partial charge in [0.15, 0.2) is 0 Å². The molecule has 0 spiro atoms. The summed E-state index contributed by atoms with van der Waals surface area (Å²) in [4.78, 5) is 0. The largest absolute Gasteiger partial charge is 0.207 e. The van der Waals surface area contributed by atoms with Gasteiger partial charge in [-0.25, -0.2) is 8.78 Å². The standard InChI is InChI=1S/C26H26ClF2Si/c1-2-13-30-14-11-18(12-15-30)23-9-7-19(16-25(23)28)21-5-3-4-6-22(21)20-8-10-24(27)26(29)17-20/h3-10,16-18H,2,11-15H2,1H3. The minimum absolute atomic E-state index is 0.0996. The predicted molar refractivity (Wildman–Crippen MR) is 125 cm³/mol. The molecule has 155 valence electrons. The van der Waals surface area contributed by atoms with E-state index in [1.807, 2.05) is 36.4 Å². The van der Waals surface area contributed by atoms with Gasteiger partial charge in [0.2, 0.25) is 0 Å². The van der Waals surface area contributed by atoms with Crippen LogP contribution in [-0.2, 0) is 0 Å². The SMILES string of the molecule is CCC[Si]1CCC(c2ccc(-c3ccccc3-c3ccc(Cl)c(F)c3)cc2F)CC1. The van der Waals surface area contributed by atoms with E-state index in [-0.39, 0.29) is 19.6 Å². The topological polar surface area (TPSA) is 0 Å². The molecule has 3 aromatic carbocycles. The number of rotatable bonds is 5. The van der Waals surface area contributed by atoms with Gasteiger partial charge >= 0.3 is 0 Å². The second-order valence-corrected chi connectivity index (χ2v) is 11.6. The fourth-order valence-corrected chi connectivity index (χ4v) is 7.70. The van der Waals surface area contributed by atoms with Crippen molar-refractivity contribution in [2.75, 3.05) is 0 Å². The third kappa shape index (κ3) is 4.52. The number of benzene rings is 3. The van der Waals surface area contributed by atoms with E-state index in [2.05, 4.69) is 6.92 Å². The highest BCUT2D eigenvalue weighted by Gasteiger charge is 2.25. The summed E-state index contributed by atoms with van der Waals surface area (Å²) in [5.74, 6) is -0.238. The van der Waals surface area contributed by atoms with Crippen molar-refractivity contribution in [3.05, 3.63) is 82.9 Å². The maximum atomic E-state index is 15.1. The van der Waals surface area contributed by atoms with E-state index in [1.165, 1.54) is 30.6 Å². The van der Waals surface area contributed by atoms with Crippen LogP contribution in [0.4, 0.5) is 8.78 Å². The molecule has 3 aromatic rings. The van der Waals surface area contributed by atoms with Crippen molar-refractivity contribution in [1.82, 2.24) is 0 Å². The summed E-state index contributed by atoms with van der Waals surface area (Å²) in [5.41, 5.74) is 4.15. The molecule has 4 heteroatoms. The molecular weight excluding hydrogens is 414 g/mol. The molecular formula is C26H26ClF2Si. The van der Waals surface area contributed by atoms with Crippen molar-refractivity contribution in [2.24, 2.45) is 0 Å². The monoisotopic (exact) mass is 439 g/mol. The van der Waals surface area contributed by atoms with Crippen LogP contribution in [0.5, 0.6) is 0 Å². The van der Waals surface area contributed by atoms with Gasteiger partial charge < -0.3 is 0 Å². The molecule has 1 aliphatic rings. The molecule has 0 atom stereocenters. The summed E-state index contributed by atoms with van der Waals surface area (Å²) in [7, 11) is -0.207. The van der Waals surface area contributed by atoms with Gasteiger partial charge in [0.1, 0.15) is 11.6 Å². The molecule has 0 bridgehead atoms. The first kappa shape index (κ1) is 21.3. The van der Waals surface area contributed by atoms with Crippen molar-refractivity contribution >= 4 is 20.4 Å². The summed E-state index contributed by atoms with van der Waals surface area (Å²) < 4.78 is 29.2. The van der Waals surface area contributed by atoms with E-state index in [4.69, 9.17) is 11.6 Å². The second kappa shape index (κ2) is 9.45. The molecule has 4 rings (SSSR count). The van der Waals surface area contributed by atoms with Gasteiger partial charge in [-0.3, -0.25) is 0 Å². The number of hydrogen-bond donors (Lipinski definition) is 0. The molecule has 0 aromatic heterocycles. The Morgan fingerprint density at radius 2 is 1.47 bits per heavy atom. The Morgan fingerprint density at radius 3 is 2.03 bits per heavy atom. The number of halogens is 3. The summed E-state index contributed by atoms with van der Waals surface area (Å²) in [6.45, 7) is 2.26. The molecule has 1 heterocycles. The summed E-state index contributed by atoms with van der Waals surface area (Å²) >= 11 is 5.84. The van der Waals surface area contributed by atoms with Crippen molar-refractivity contribution < 1.29 is 8.78 Å². The van der Waals surface area contributed by atoms with Gasteiger partial charge in [-0.1, -0.05) is 85.5 Å². The minimum atomic E-state index is -0.452. The Bertz CT molecular complexity index is 1030. The smallest absolute Gasteiger partial charge is 0.142 e. The van der Waals surface area contributed by atoms with Gasteiger partial charge in [-0.2, -0.15) is 0 Å². The van der Waals surface area contributed by atoms with Gasteiger partial charge in [-0.05, 0) is 64.8 Å². The lowest BCUT2D eigenvalue weighted by atomic mass is 9.89. The van der Waals surface area contributed by atoms with Gasteiger partial charge in [0, 0.05) is 8.80 Å². The molecule has 0 nitrogen and oxygen atoms in total. The van der Waals surface area contributed by atoms with E-state index in [1.54, 1.807) is 18.2 Å². The average Bonchev–Trinajstić information content (AvgIpc) is 2.76. The maximum absolute atomic E-state index is 15.1. The Labute approximate surface area is 184 Å². The zero-order valence-corrected chi connectivity index (χ0v) is 19.0. The van der Waals surface area contributed by atoms with Gasteiger partial charge in [-0.15, -0.1) is 0 Å². The molecule has 0 amide bonds. The first-order chi connectivity index (χ1) is 14.6. The van der Waals surface area contributed by atoms with Crippen LogP contribution in [0.1, 0.15) is 37.7 Å². The zero-order valence-electron chi connectivity index (χ0n) is 17.2. The lowest BCUT2D eigenvalue weighted by Crippen LogP contribution is -2.20. The van der Waals surface area contributed by atoms with Crippen LogP contribution < -0.4 is 0 Å². The normalized spacial score (nSPS) is 15.5. The molecule has 0 unspecified atom stereocenters. The van der Waals surface area contributed by atoms with Crippen LogP contribution in [0.2, 0.25) is 23.2 Å². The fraction of sp³-hybridized carbons (Fsp3) is 0.308. The summed E-state index contributed by atoms with van der Waals surface area (Å²) in [6, 6.07) is 22.1. The Balaban J connectivity index is 1.62. The number of hydrogen-bond acceptors (Lipinski definition) is 0. The van der Waals surface area contributed by atoms with E-state index >= 15 is 4.39 Å². The minimum Gasteiger partial charge on any atom is -0.207 e. The van der Waals surface area contributed by atoms with Crippen LogP contribution in [-0.4, -0.2) is 8.80 Å². The molecule has 1 saturated heterocycles. The Morgan fingerprint density at radius 1 is 0.867 bits per heavy atom. The second-order valence-electron chi connectivity index (χ2n) is 8.19. The quantitative estimate of drug-likeness (QED) is 0.348. The van der Waals surface area contributed by atoms with Gasteiger partial charge in [0.25, 0.3) is 0 Å². The third-order valence-corrected chi connectivity index (χ3v) is 9.71. The maximum Gasteiger partial charge on any atom is 0.142 e. The highest BCUT2D eigenvalue weighted by Crippen LogP contribution is 2.39. The first-order valence-electron chi connectivity index (χ1n) is 10.7. The fourth-order valence-electron chi connectivity index (χ4n) is 4.62. The predicted octanol–water partition coefficient (Wildman–Crippen LogP) is 8.73. The van der Waals surface area contributed by atoms with Crippen LogP contribution in [0.15, 0.2) is 60.7 Å². The van der Waals surface area contributed by atoms with Crippen LogP contribution >= 0.6 is 11.6 Å². The highest BCUT2D eigenvalue weighted by atomic mass is 35.5. The van der Waals surface area contributed by atoms with Crippen LogP contribution in [0.25, 0.3) is 22.3 Å². The highest BCUT2D eigenvalue weighted by molar-refractivity contribution is 6.59. The zero-order chi connectivity index (χ0) is 21.1. The molecule has 0 saturated carbocycles. The van der Waals surface area contributed by atoms with E-state index < -0.39 is 5.82 Å².